The minimum Gasteiger partial charge on any atom is -0.494 e. The molecule has 1 saturated heterocycles. The molecule has 2 aromatic heterocycles. The van der Waals surface area contributed by atoms with Crippen LogP contribution in [0.2, 0.25) is 0 Å². The van der Waals surface area contributed by atoms with Crippen molar-refractivity contribution in [2.75, 3.05) is 25.4 Å². The number of piperidine rings is 1. The highest BCUT2D eigenvalue weighted by Crippen LogP contribution is 2.28. The highest BCUT2D eigenvalue weighted by molar-refractivity contribution is 5.48. The van der Waals surface area contributed by atoms with Gasteiger partial charge in [0.2, 0.25) is 0 Å². The number of benzene rings is 1. The predicted octanol–water partition coefficient (Wildman–Crippen LogP) is 3.40. The fourth-order valence-electron chi connectivity index (χ4n) is 3.90. The number of nitrogens with zero attached hydrogens (tertiary/aromatic N) is 4. The maximum absolute atomic E-state index is 6.21. The zero-order valence-electron chi connectivity index (χ0n) is 16.1. The van der Waals surface area contributed by atoms with E-state index in [0.717, 1.165) is 48.8 Å². The average molecular weight is 365 g/mol. The zero-order chi connectivity index (χ0) is 18.8. The third kappa shape index (κ3) is 3.90. The first-order chi connectivity index (χ1) is 13.1. The number of likely N-dealkylation sites (tertiary alicyclic amines) is 1. The number of nitrogens with two attached hydrogens (primary N) is 1. The maximum atomic E-state index is 6.21. The molecule has 4 rings (SSSR count). The first-order valence-electron chi connectivity index (χ1n) is 9.69. The van der Waals surface area contributed by atoms with Gasteiger partial charge in [-0.3, -0.25) is 4.90 Å². The Bertz CT molecular complexity index is 918. The van der Waals surface area contributed by atoms with Gasteiger partial charge in [0.15, 0.2) is 5.65 Å². The van der Waals surface area contributed by atoms with E-state index in [1.54, 1.807) is 4.52 Å². The number of ether oxygens (including phenoxy) is 1. The van der Waals surface area contributed by atoms with Gasteiger partial charge in [-0.2, -0.15) is 9.61 Å². The number of aromatic nitrogens is 3. The van der Waals surface area contributed by atoms with Crippen LogP contribution in [0, 0.1) is 6.92 Å². The topological polar surface area (TPSA) is 68.7 Å². The summed E-state index contributed by atoms with van der Waals surface area (Å²) in [5.74, 6) is 2.00. The van der Waals surface area contributed by atoms with Crippen molar-refractivity contribution in [1.29, 1.82) is 0 Å². The monoisotopic (exact) mass is 365 g/mol. The van der Waals surface area contributed by atoms with Gasteiger partial charge in [0.05, 0.1) is 18.0 Å². The minimum atomic E-state index is 0.406. The lowest BCUT2D eigenvalue weighted by Crippen LogP contribution is -2.34. The van der Waals surface area contributed by atoms with Gasteiger partial charge in [0.1, 0.15) is 11.6 Å². The third-order valence-corrected chi connectivity index (χ3v) is 5.16. The van der Waals surface area contributed by atoms with E-state index in [1.165, 1.54) is 12.0 Å². The minimum absolute atomic E-state index is 0.406. The van der Waals surface area contributed by atoms with Crippen molar-refractivity contribution >= 4 is 11.5 Å². The third-order valence-electron chi connectivity index (χ3n) is 5.16. The lowest BCUT2D eigenvalue weighted by atomic mass is 9.94. The van der Waals surface area contributed by atoms with Crippen LogP contribution >= 0.6 is 0 Å². The van der Waals surface area contributed by atoms with E-state index in [2.05, 4.69) is 34.3 Å². The van der Waals surface area contributed by atoms with Gasteiger partial charge < -0.3 is 10.5 Å². The van der Waals surface area contributed by atoms with E-state index < -0.39 is 0 Å². The van der Waals surface area contributed by atoms with Crippen molar-refractivity contribution in [1.82, 2.24) is 19.5 Å². The molecule has 142 valence electrons. The first kappa shape index (κ1) is 17.8. The van der Waals surface area contributed by atoms with Crippen LogP contribution in [-0.4, -0.2) is 39.2 Å². The van der Waals surface area contributed by atoms with Crippen molar-refractivity contribution in [2.24, 2.45) is 0 Å². The van der Waals surface area contributed by atoms with Crippen LogP contribution in [0.3, 0.4) is 0 Å². The number of hydrogen-bond donors (Lipinski definition) is 1. The fraction of sp³-hybridized carbons (Fsp3) is 0.429. The van der Waals surface area contributed by atoms with Gasteiger partial charge >= 0.3 is 0 Å². The number of fused-ring (bicyclic) bond motifs is 1. The Balaban J connectivity index is 1.47. The number of hydrogen-bond acceptors (Lipinski definition) is 5. The van der Waals surface area contributed by atoms with Crippen LogP contribution in [0.15, 0.2) is 36.4 Å². The van der Waals surface area contributed by atoms with Crippen LogP contribution in [0.1, 0.15) is 42.6 Å². The van der Waals surface area contributed by atoms with E-state index in [9.17, 15) is 0 Å². The molecule has 6 nitrogen and oxygen atoms in total. The molecule has 1 aromatic carbocycles. The molecule has 3 heterocycles. The molecule has 1 fully saturated rings. The number of anilines is 1. The summed E-state index contributed by atoms with van der Waals surface area (Å²) in [6.45, 7) is 7.74. The Morgan fingerprint density at radius 3 is 2.81 bits per heavy atom. The van der Waals surface area contributed by atoms with Gasteiger partial charge in [0, 0.05) is 31.1 Å². The molecular weight excluding hydrogens is 338 g/mol. The quantitative estimate of drug-likeness (QED) is 0.750. The number of rotatable bonds is 5. The Labute approximate surface area is 160 Å². The summed E-state index contributed by atoms with van der Waals surface area (Å²) in [7, 11) is 0. The molecule has 3 aromatic rings. The highest BCUT2D eigenvalue weighted by atomic mass is 16.5. The summed E-state index contributed by atoms with van der Waals surface area (Å²) in [6.07, 6.45) is 2.32. The van der Waals surface area contributed by atoms with E-state index >= 15 is 0 Å². The molecule has 1 aliphatic rings. The molecule has 0 bridgehead atoms. The fourth-order valence-corrected chi connectivity index (χ4v) is 3.90. The average Bonchev–Trinajstić information content (AvgIpc) is 3.05. The van der Waals surface area contributed by atoms with Crippen LogP contribution in [-0.2, 0) is 6.54 Å². The van der Waals surface area contributed by atoms with Crippen molar-refractivity contribution < 1.29 is 4.74 Å². The Morgan fingerprint density at radius 2 is 2.04 bits per heavy atom. The summed E-state index contributed by atoms with van der Waals surface area (Å²) in [5, 5.41) is 4.40. The predicted molar refractivity (Wildman–Crippen MR) is 107 cm³/mol. The van der Waals surface area contributed by atoms with E-state index in [1.807, 2.05) is 26.0 Å². The number of nitrogen functional groups attached to an aromatic ring is 1. The molecule has 6 heteroatoms. The lowest BCUT2D eigenvalue weighted by molar-refractivity contribution is 0.198. The van der Waals surface area contributed by atoms with Gasteiger partial charge in [-0.25, -0.2) is 4.98 Å². The summed E-state index contributed by atoms with van der Waals surface area (Å²) < 4.78 is 7.25. The smallest absolute Gasteiger partial charge is 0.157 e. The first-order valence-corrected chi connectivity index (χ1v) is 9.69. The van der Waals surface area contributed by atoms with Crippen molar-refractivity contribution in [2.45, 2.75) is 39.2 Å². The SMILES string of the molecule is CCOc1ccc(CN2CCC[C@H](c3cc(N)n4nc(C)cc4n3)C2)cc1. The molecule has 0 saturated carbocycles. The number of aryl methyl sites for hydroxylation is 1. The molecule has 0 aliphatic carbocycles. The van der Waals surface area contributed by atoms with Crippen molar-refractivity contribution in [3.63, 3.8) is 0 Å². The second-order valence-electron chi connectivity index (χ2n) is 7.31. The van der Waals surface area contributed by atoms with Crippen molar-refractivity contribution in [3.05, 3.63) is 53.3 Å². The molecule has 0 amide bonds. The second kappa shape index (κ2) is 7.56. The summed E-state index contributed by atoms with van der Waals surface area (Å²) in [4.78, 5) is 7.34. The molecule has 0 radical (unpaired) electrons. The van der Waals surface area contributed by atoms with Crippen LogP contribution in [0.25, 0.3) is 5.65 Å². The molecule has 0 unspecified atom stereocenters. The van der Waals surface area contributed by atoms with Gasteiger partial charge in [0.25, 0.3) is 0 Å². The van der Waals surface area contributed by atoms with Crippen LogP contribution in [0.5, 0.6) is 5.75 Å². The molecule has 2 N–H and O–H groups in total. The van der Waals surface area contributed by atoms with Crippen LogP contribution < -0.4 is 10.5 Å². The largest absolute Gasteiger partial charge is 0.494 e. The molecule has 1 aliphatic heterocycles. The summed E-state index contributed by atoms with van der Waals surface area (Å²) in [5.41, 5.74) is 10.4. The zero-order valence-corrected chi connectivity index (χ0v) is 16.1. The maximum Gasteiger partial charge on any atom is 0.157 e. The summed E-state index contributed by atoms with van der Waals surface area (Å²) in [6, 6.07) is 12.4. The Hall–Kier alpha value is -2.60. The van der Waals surface area contributed by atoms with Crippen LogP contribution in [0.4, 0.5) is 5.82 Å². The highest BCUT2D eigenvalue weighted by Gasteiger charge is 2.23. The van der Waals surface area contributed by atoms with Gasteiger partial charge in [-0.05, 0) is 50.9 Å². The van der Waals surface area contributed by atoms with Gasteiger partial charge in [-0.1, -0.05) is 12.1 Å². The second-order valence-corrected chi connectivity index (χ2v) is 7.31. The molecule has 1 atom stereocenters. The summed E-state index contributed by atoms with van der Waals surface area (Å²) >= 11 is 0. The molecule has 27 heavy (non-hydrogen) atoms. The molecular formula is C21H27N5O. The Morgan fingerprint density at radius 1 is 1.22 bits per heavy atom. The lowest BCUT2D eigenvalue weighted by Gasteiger charge is -2.32. The van der Waals surface area contributed by atoms with Crippen molar-refractivity contribution in [3.8, 4) is 5.75 Å². The van der Waals surface area contributed by atoms with Gasteiger partial charge in [-0.15, -0.1) is 0 Å². The standard InChI is InChI=1S/C21H27N5O/c1-3-27-18-8-6-16(7-9-18)13-25-10-4-5-17(14-25)19-12-20(22)26-21(23-19)11-15(2)24-26/h6-9,11-12,17H,3-5,10,13-14,22H2,1-2H3/t17-/m0/s1. The van der Waals surface area contributed by atoms with E-state index in [0.29, 0.717) is 18.3 Å². The molecule has 0 spiro atoms. The van der Waals surface area contributed by atoms with E-state index in [-0.39, 0.29) is 0 Å². The van der Waals surface area contributed by atoms with E-state index in [4.69, 9.17) is 15.5 Å². The normalized spacial score (nSPS) is 18.1. The Kier molecular flexibility index (Phi) is 4.99.